The first-order chi connectivity index (χ1) is 13.0. The van der Waals surface area contributed by atoms with Gasteiger partial charge in [-0.25, -0.2) is 0 Å². The molecule has 0 bridgehead atoms. The van der Waals surface area contributed by atoms with E-state index in [2.05, 4.69) is 17.2 Å². The summed E-state index contributed by atoms with van der Waals surface area (Å²) in [6.45, 7) is 4.64. The van der Waals surface area contributed by atoms with Crippen LogP contribution < -0.4 is 16.4 Å². The van der Waals surface area contributed by atoms with Gasteiger partial charge in [0, 0.05) is 25.6 Å². The zero-order valence-electron chi connectivity index (χ0n) is 14.9. The molecule has 2 atom stereocenters. The molecule has 1 fully saturated rings. The van der Waals surface area contributed by atoms with Crippen LogP contribution >= 0.6 is 0 Å². The second-order valence-corrected chi connectivity index (χ2v) is 6.67. The lowest BCUT2D eigenvalue weighted by molar-refractivity contribution is -0.136. The van der Waals surface area contributed by atoms with Gasteiger partial charge in [-0.2, -0.15) is 0 Å². The van der Waals surface area contributed by atoms with E-state index < -0.39 is 29.7 Å². The molecule has 4 N–H and O–H groups in total. The van der Waals surface area contributed by atoms with Crippen molar-refractivity contribution >= 4 is 23.6 Å². The topological polar surface area (TPSA) is 122 Å². The quantitative estimate of drug-likeness (QED) is 0.462. The summed E-state index contributed by atoms with van der Waals surface area (Å²) in [6.07, 6.45) is 2.75. The van der Waals surface area contributed by atoms with Gasteiger partial charge in [0.2, 0.25) is 11.8 Å². The number of nitrogens with two attached hydrogens (primary N) is 1. The number of nitrogens with zero attached hydrogens (tertiary/aromatic N) is 1. The van der Waals surface area contributed by atoms with E-state index in [0.29, 0.717) is 13.1 Å². The zero-order chi connectivity index (χ0) is 19.6. The Morgan fingerprint density at radius 1 is 1.26 bits per heavy atom. The number of benzene rings is 1. The minimum Gasteiger partial charge on any atom is -0.329 e. The van der Waals surface area contributed by atoms with Crippen molar-refractivity contribution in [3.63, 3.8) is 0 Å². The maximum atomic E-state index is 12.8. The van der Waals surface area contributed by atoms with Crippen molar-refractivity contribution in [1.82, 2.24) is 15.5 Å². The van der Waals surface area contributed by atoms with Crippen molar-refractivity contribution in [2.75, 3.05) is 6.54 Å². The molecule has 2 aliphatic heterocycles. The molecule has 142 valence electrons. The van der Waals surface area contributed by atoms with E-state index in [0.717, 1.165) is 16.9 Å². The summed E-state index contributed by atoms with van der Waals surface area (Å²) in [5, 5.41) is 5.47. The molecule has 2 aliphatic rings. The molecule has 1 aromatic carbocycles. The lowest BCUT2D eigenvalue weighted by atomic mass is 10.0. The fraction of sp³-hybridized carbons (Fsp3) is 0.368. The smallest absolute Gasteiger partial charge is 0.262 e. The number of hydrogen-bond acceptors (Lipinski definition) is 6. The van der Waals surface area contributed by atoms with Gasteiger partial charge in [0.15, 0.2) is 0 Å². The second-order valence-electron chi connectivity index (χ2n) is 6.67. The van der Waals surface area contributed by atoms with Gasteiger partial charge in [-0.05, 0) is 30.5 Å². The van der Waals surface area contributed by atoms with Gasteiger partial charge in [0.25, 0.3) is 11.8 Å². The summed E-state index contributed by atoms with van der Waals surface area (Å²) < 4.78 is 0. The van der Waals surface area contributed by atoms with Crippen molar-refractivity contribution in [3.8, 4) is 0 Å². The van der Waals surface area contributed by atoms with Crippen molar-refractivity contribution < 1.29 is 19.2 Å². The van der Waals surface area contributed by atoms with Gasteiger partial charge in [0.05, 0.1) is 11.1 Å². The zero-order valence-corrected chi connectivity index (χ0v) is 14.9. The Labute approximate surface area is 156 Å². The van der Waals surface area contributed by atoms with E-state index in [1.54, 1.807) is 24.3 Å². The van der Waals surface area contributed by atoms with Gasteiger partial charge in [-0.15, -0.1) is 6.58 Å². The largest absolute Gasteiger partial charge is 0.329 e. The summed E-state index contributed by atoms with van der Waals surface area (Å²) in [5.41, 5.74) is 7.08. The van der Waals surface area contributed by atoms with E-state index in [9.17, 15) is 19.2 Å². The molecule has 0 spiro atoms. The van der Waals surface area contributed by atoms with Gasteiger partial charge < -0.3 is 11.1 Å². The van der Waals surface area contributed by atoms with E-state index in [-0.39, 0.29) is 30.0 Å². The Morgan fingerprint density at radius 3 is 2.67 bits per heavy atom. The highest BCUT2D eigenvalue weighted by molar-refractivity contribution is 6.23. The minimum absolute atomic E-state index is 0.0769. The van der Waals surface area contributed by atoms with Gasteiger partial charge in [-0.1, -0.05) is 12.1 Å². The number of carbonyl (C=O) groups excluding carboxylic acids is 4. The number of imide groups is 2. The van der Waals surface area contributed by atoms with Crippen LogP contribution in [0.5, 0.6) is 0 Å². The highest BCUT2D eigenvalue weighted by atomic mass is 16.2. The average Bonchev–Trinajstić information content (AvgIpc) is 2.89. The van der Waals surface area contributed by atoms with Crippen LogP contribution in [0, 0.1) is 0 Å². The molecule has 2 heterocycles. The molecular formula is C19H22N4O4. The molecule has 0 aromatic heterocycles. The monoisotopic (exact) mass is 370 g/mol. The molecule has 27 heavy (non-hydrogen) atoms. The average molecular weight is 370 g/mol. The Morgan fingerprint density at radius 2 is 2.00 bits per heavy atom. The van der Waals surface area contributed by atoms with Crippen LogP contribution in [0.4, 0.5) is 0 Å². The standard InChI is InChI=1S/C19H22N4O4/c1-2-3-12(9-20)21-10-11-4-5-13-14(8-11)19(27)23(18(13)26)15-6-7-16(24)22-17(15)25/h2,4-5,8,12,15,21H,1,3,6-7,9-10,20H2,(H,22,24,25). The molecule has 1 saturated heterocycles. The summed E-state index contributed by atoms with van der Waals surface area (Å²) >= 11 is 0. The lowest BCUT2D eigenvalue weighted by Crippen LogP contribution is -2.54. The predicted octanol–water partition coefficient (Wildman–Crippen LogP) is 0.0808. The molecule has 0 saturated carbocycles. The number of fused-ring (bicyclic) bond motifs is 1. The molecule has 4 amide bonds. The molecule has 0 radical (unpaired) electrons. The normalized spacial score (nSPS) is 20.5. The number of rotatable bonds is 7. The minimum atomic E-state index is -0.953. The van der Waals surface area contributed by atoms with Crippen molar-refractivity contribution in [2.45, 2.75) is 37.9 Å². The van der Waals surface area contributed by atoms with Gasteiger partial charge in [0.1, 0.15) is 6.04 Å². The van der Waals surface area contributed by atoms with Crippen molar-refractivity contribution in [3.05, 3.63) is 47.5 Å². The SMILES string of the molecule is C=CCC(CN)NCc1ccc2c(c1)C(=O)N(C1CCC(=O)NC1=O)C2=O. The highest BCUT2D eigenvalue weighted by Gasteiger charge is 2.44. The van der Waals surface area contributed by atoms with Crippen LogP contribution in [0.25, 0.3) is 0 Å². The summed E-state index contributed by atoms with van der Waals surface area (Å²) in [4.78, 5) is 49.8. The Bertz CT molecular complexity index is 820. The van der Waals surface area contributed by atoms with Crippen LogP contribution in [0.3, 0.4) is 0 Å². The number of hydrogen-bond donors (Lipinski definition) is 3. The Balaban J connectivity index is 1.77. The fourth-order valence-corrected chi connectivity index (χ4v) is 3.35. The van der Waals surface area contributed by atoms with E-state index in [4.69, 9.17) is 5.73 Å². The maximum absolute atomic E-state index is 12.8. The van der Waals surface area contributed by atoms with E-state index in [1.807, 2.05) is 0 Å². The highest BCUT2D eigenvalue weighted by Crippen LogP contribution is 2.28. The van der Waals surface area contributed by atoms with E-state index in [1.165, 1.54) is 0 Å². The molecule has 3 rings (SSSR count). The first-order valence-corrected chi connectivity index (χ1v) is 8.85. The first kappa shape index (κ1) is 18.9. The first-order valence-electron chi connectivity index (χ1n) is 8.85. The maximum Gasteiger partial charge on any atom is 0.262 e. The second kappa shape index (κ2) is 7.81. The molecule has 8 nitrogen and oxygen atoms in total. The molecule has 8 heteroatoms. The third-order valence-electron chi connectivity index (χ3n) is 4.83. The van der Waals surface area contributed by atoms with Crippen LogP contribution in [-0.2, 0) is 16.1 Å². The predicted molar refractivity (Wildman–Crippen MR) is 97.6 cm³/mol. The van der Waals surface area contributed by atoms with Gasteiger partial charge >= 0.3 is 0 Å². The number of nitrogens with one attached hydrogen (secondary N) is 2. The molecular weight excluding hydrogens is 348 g/mol. The van der Waals surface area contributed by atoms with Crippen LogP contribution in [0.2, 0.25) is 0 Å². The summed E-state index contributed by atoms with van der Waals surface area (Å²) in [6, 6.07) is 4.16. The molecule has 0 aliphatic carbocycles. The third-order valence-corrected chi connectivity index (χ3v) is 4.83. The molecule has 2 unspecified atom stereocenters. The number of amides is 4. The van der Waals surface area contributed by atoms with Crippen LogP contribution in [0.15, 0.2) is 30.9 Å². The van der Waals surface area contributed by atoms with Gasteiger partial charge in [-0.3, -0.25) is 29.4 Å². The van der Waals surface area contributed by atoms with Crippen molar-refractivity contribution in [1.29, 1.82) is 0 Å². The Kier molecular flexibility index (Phi) is 5.48. The van der Waals surface area contributed by atoms with Crippen LogP contribution in [0.1, 0.15) is 45.5 Å². The van der Waals surface area contributed by atoms with Crippen molar-refractivity contribution in [2.24, 2.45) is 5.73 Å². The third kappa shape index (κ3) is 3.67. The summed E-state index contributed by atoms with van der Waals surface area (Å²) in [7, 11) is 0. The number of carbonyl (C=O) groups is 4. The molecule has 1 aromatic rings. The fourth-order valence-electron chi connectivity index (χ4n) is 3.35. The van der Waals surface area contributed by atoms with E-state index >= 15 is 0 Å². The summed E-state index contributed by atoms with van der Waals surface area (Å²) in [5.74, 6) is -2.02. The Hall–Kier alpha value is -2.84. The number of piperidine rings is 1. The lowest BCUT2D eigenvalue weighted by Gasteiger charge is -2.27. The van der Waals surface area contributed by atoms with Crippen LogP contribution in [-0.4, -0.2) is 47.2 Å².